The number of carbonyl (C=O) groups excluding carboxylic acids is 1. The van der Waals surface area contributed by atoms with Gasteiger partial charge in [0.15, 0.2) is 19.7 Å². The predicted octanol–water partition coefficient (Wildman–Crippen LogP) is 4.06. The average Bonchev–Trinajstić information content (AvgIpc) is 3.66. The van der Waals surface area contributed by atoms with Crippen molar-refractivity contribution >= 4 is 31.5 Å². The summed E-state index contributed by atoms with van der Waals surface area (Å²) < 4.78 is 15.3. The number of methoxy groups -OCH3 is 1. The van der Waals surface area contributed by atoms with Crippen molar-refractivity contribution in [2.45, 2.75) is 63.2 Å². The molecule has 13 heteroatoms. The zero-order valence-electron chi connectivity index (χ0n) is 26.3. The topological polar surface area (TPSA) is 132 Å². The Morgan fingerprint density at radius 2 is 1.93 bits per heavy atom. The van der Waals surface area contributed by atoms with Gasteiger partial charge in [0.25, 0.3) is 11.5 Å². The fourth-order valence-electron chi connectivity index (χ4n) is 7.23. The second-order valence-electron chi connectivity index (χ2n) is 12.6. The number of rotatable bonds is 10. The van der Waals surface area contributed by atoms with Gasteiger partial charge in [-0.05, 0) is 67.5 Å². The van der Waals surface area contributed by atoms with Gasteiger partial charge >= 0.3 is 0 Å². The Kier molecular flexibility index (Phi) is 8.68. The van der Waals surface area contributed by atoms with Gasteiger partial charge in [0.2, 0.25) is 0 Å². The van der Waals surface area contributed by atoms with Crippen LogP contribution in [0.25, 0.3) is 5.69 Å². The molecule has 1 amide bonds. The molecule has 4 aromatic rings. The number of hydrogen-bond acceptors (Lipinski definition) is 8. The monoisotopic (exact) mass is 663 g/mol. The maximum absolute atomic E-state index is 14.7. The van der Waals surface area contributed by atoms with Gasteiger partial charge in [-0.2, -0.15) is 0 Å². The Bertz CT molecular complexity index is 1820. The summed E-state index contributed by atoms with van der Waals surface area (Å²) in [7, 11) is -1.40. The Hall–Kier alpha value is -3.81. The normalized spacial score (nSPS) is 22.5. The van der Waals surface area contributed by atoms with Crippen LogP contribution in [0.15, 0.2) is 71.8 Å². The molecule has 0 unspecified atom stereocenters. The first-order chi connectivity index (χ1) is 22.0. The fourth-order valence-corrected chi connectivity index (χ4v) is 10.0. The van der Waals surface area contributed by atoms with Crippen molar-refractivity contribution in [3.8, 4) is 11.4 Å². The number of nitrogens with zero attached hydrogens (tertiary/aromatic N) is 5. The summed E-state index contributed by atoms with van der Waals surface area (Å²) in [5.41, 5.74) is 1.67. The molecular weight excluding hydrogens is 626 g/mol. The first-order valence-corrected chi connectivity index (χ1v) is 18.7. The Morgan fingerprint density at radius 1 is 1.13 bits per heavy atom. The molecule has 6 rings (SSSR count). The van der Waals surface area contributed by atoms with Crippen molar-refractivity contribution in [2.75, 3.05) is 18.6 Å². The van der Waals surface area contributed by atoms with Crippen molar-refractivity contribution in [1.82, 2.24) is 19.6 Å². The molecule has 4 atom stereocenters. The Balaban J connectivity index is 1.34. The number of aromatic nitrogens is 4. The zero-order chi connectivity index (χ0) is 32.8. The second-order valence-corrected chi connectivity index (χ2v) is 17.0. The van der Waals surface area contributed by atoms with E-state index in [0.29, 0.717) is 47.0 Å². The molecule has 2 aliphatic rings. The van der Waals surface area contributed by atoms with E-state index in [1.54, 1.807) is 40.2 Å². The number of halogens is 1. The molecular formula is C33H38ClN5O6Si. The minimum atomic E-state index is -2.86. The molecule has 1 spiro atoms. The molecule has 0 aliphatic carbocycles. The third kappa shape index (κ3) is 5.58. The van der Waals surface area contributed by atoms with E-state index >= 15 is 0 Å². The van der Waals surface area contributed by atoms with E-state index in [-0.39, 0.29) is 41.8 Å². The highest BCUT2D eigenvalue weighted by molar-refractivity contribution is 6.71. The molecule has 4 heterocycles. The van der Waals surface area contributed by atoms with Crippen molar-refractivity contribution in [1.29, 1.82) is 0 Å². The summed E-state index contributed by atoms with van der Waals surface area (Å²) in [6.45, 7) is 6.47. The van der Waals surface area contributed by atoms with Crippen molar-refractivity contribution in [3.63, 3.8) is 0 Å². The van der Waals surface area contributed by atoms with Gasteiger partial charge in [0.05, 0.1) is 31.1 Å². The van der Waals surface area contributed by atoms with Gasteiger partial charge in [-0.3, -0.25) is 18.8 Å². The van der Waals surface area contributed by atoms with Crippen molar-refractivity contribution < 1.29 is 24.2 Å². The molecule has 0 bridgehead atoms. The van der Waals surface area contributed by atoms with E-state index in [0.717, 1.165) is 5.56 Å². The number of aliphatic hydroxyl groups is 1. The zero-order valence-corrected chi connectivity index (χ0v) is 28.0. The van der Waals surface area contributed by atoms with Gasteiger partial charge in [0.1, 0.15) is 0 Å². The number of aliphatic hydroxyl groups excluding tert-OH is 1. The Labute approximate surface area is 273 Å². The van der Waals surface area contributed by atoms with E-state index in [9.17, 15) is 19.5 Å². The molecule has 11 nitrogen and oxygen atoms in total. The van der Waals surface area contributed by atoms with Gasteiger partial charge in [0, 0.05) is 59.7 Å². The molecule has 2 aliphatic heterocycles. The molecule has 2 aromatic heterocycles. The number of hydrogen-bond donors (Lipinski definition) is 2. The average molecular weight is 664 g/mol. The lowest BCUT2D eigenvalue weighted by atomic mass is 9.82. The SMILES string of the molecule is COc1cccn(-c2cccc(CN3C(=O)[C@]4(O[C@H](CCn5cc(CCO)nn5)[C@@H]([Si](C)(C)O)[C@@H]4C)c4cc(Cl)ccc43)c2)c1=O. The van der Waals surface area contributed by atoms with Crippen LogP contribution in [0.1, 0.15) is 30.2 Å². The minimum absolute atomic E-state index is 0.0127. The number of aryl methyl sites for hydroxylation is 1. The van der Waals surface area contributed by atoms with E-state index in [2.05, 4.69) is 10.3 Å². The highest BCUT2D eigenvalue weighted by atomic mass is 35.5. The largest absolute Gasteiger partial charge is 0.491 e. The molecule has 242 valence electrons. The molecule has 1 saturated heterocycles. The summed E-state index contributed by atoms with van der Waals surface area (Å²) in [6, 6.07) is 16.3. The fraction of sp³-hybridized carbons (Fsp3) is 0.394. The second kappa shape index (κ2) is 12.4. The van der Waals surface area contributed by atoms with Crippen molar-refractivity contribution in [3.05, 3.63) is 99.2 Å². The van der Waals surface area contributed by atoms with E-state index < -0.39 is 20.0 Å². The quantitative estimate of drug-likeness (QED) is 0.243. The lowest BCUT2D eigenvalue weighted by Crippen LogP contribution is -2.46. The van der Waals surface area contributed by atoms with Gasteiger partial charge in [-0.25, -0.2) is 0 Å². The minimum Gasteiger partial charge on any atom is -0.491 e. The molecule has 2 N–H and O–H groups in total. The first kappa shape index (κ1) is 32.1. The van der Waals surface area contributed by atoms with Crippen LogP contribution in [-0.2, 0) is 34.6 Å². The van der Waals surface area contributed by atoms with Crippen LogP contribution in [0, 0.1) is 5.92 Å². The summed E-state index contributed by atoms with van der Waals surface area (Å²) in [5.74, 6) is -0.323. The van der Waals surface area contributed by atoms with Gasteiger partial charge in [-0.15, -0.1) is 5.10 Å². The van der Waals surface area contributed by atoms with Crippen LogP contribution in [0.4, 0.5) is 5.69 Å². The maximum Gasteiger partial charge on any atom is 0.297 e. The number of anilines is 1. The Morgan fingerprint density at radius 3 is 2.67 bits per heavy atom. The standard InChI is InChI=1S/C33H38ClN5O6Si/c1-21-30(46(3,4)43)28(12-15-37-20-24(13-16-40)35-36-37)45-33(21)26-18-23(34)10-11-27(26)39(32(33)42)19-22-7-5-8-25(17-22)38-14-6-9-29(44-2)31(38)41/h5-11,14,17-18,20-21,28,30,40,43H,12-13,15-16,19H2,1-4H3/t21-,28+,30-,33+/m0/s1. The maximum atomic E-state index is 14.7. The summed E-state index contributed by atoms with van der Waals surface area (Å²) in [6.07, 6.45) is 3.98. The highest BCUT2D eigenvalue weighted by Gasteiger charge is 2.66. The van der Waals surface area contributed by atoms with Crippen molar-refractivity contribution in [2.24, 2.45) is 5.92 Å². The molecule has 2 aromatic carbocycles. The van der Waals surface area contributed by atoms with Crippen LogP contribution >= 0.6 is 11.6 Å². The number of ether oxygens (including phenoxy) is 2. The van der Waals surface area contributed by atoms with Gasteiger partial charge < -0.3 is 24.3 Å². The summed E-state index contributed by atoms with van der Waals surface area (Å²) in [4.78, 5) is 41.0. The third-order valence-corrected chi connectivity index (χ3v) is 11.9. The van der Waals surface area contributed by atoms with E-state index in [1.165, 1.54) is 11.7 Å². The first-order valence-electron chi connectivity index (χ1n) is 15.3. The van der Waals surface area contributed by atoms with Crippen LogP contribution in [0.3, 0.4) is 0 Å². The molecule has 0 saturated carbocycles. The number of benzene rings is 2. The number of carbonyl (C=O) groups is 1. The number of fused-ring (bicyclic) bond motifs is 2. The molecule has 1 fully saturated rings. The summed E-state index contributed by atoms with van der Waals surface area (Å²) in [5, 5.41) is 18.0. The number of pyridine rings is 1. The number of amides is 1. The van der Waals surface area contributed by atoms with Crippen LogP contribution in [-0.4, -0.2) is 63.5 Å². The van der Waals surface area contributed by atoms with E-state index in [4.69, 9.17) is 21.1 Å². The van der Waals surface area contributed by atoms with E-state index in [1.807, 2.05) is 56.4 Å². The smallest absolute Gasteiger partial charge is 0.297 e. The third-order valence-electron chi connectivity index (χ3n) is 9.20. The van der Waals surface area contributed by atoms with Crippen LogP contribution in [0.5, 0.6) is 5.75 Å². The lowest BCUT2D eigenvalue weighted by Gasteiger charge is -2.32. The van der Waals surface area contributed by atoms with Gasteiger partial charge in [-0.1, -0.05) is 35.9 Å². The van der Waals surface area contributed by atoms with Crippen LogP contribution in [0.2, 0.25) is 23.7 Å². The lowest BCUT2D eigenvalue weighted by molar-refractivity contribution is -0.146. The molecule has 0 radical (unpaired) electrons. The van der Waals surface area contributed by atoms with Crippen LogP contribution < -0.4 is 15.2 Å². The predicted molar refractivity (Wildman–Crippen MR) is 176 cm³/mol. The molecule has 46 heavy (non-hydrogen) atoms. The summed E-state index contributed by atoms with van der Waals surface area (Å²) >= 11 is 6.54. The highest BCUT2D eigenvalue weighted by Crippen LogP contribution is 2.60.